The summed E-state index contributed by atoms with van der Waals surface area (Å²) in [5.41, 5.74) is 3.77. The van der Waals surface area contributed by atoms with E-state index in [9.17, 15) is 0 Å². The second-order valence-electron chi connectivity index (χ2n) is 5.51. The number of rotatable bonds is 3. The first kappa shape index (κ1) is 13.0. The Bertz CT molecular complexity index is 371. The fraction of sp³-hybridized carbons (Fsp3) is 0.467. The van der Waals surface area contributed by atoms with Gasteiger partial charge in [-0.15, -0.1) is 0 Å². The molecule has 0 spiro atoms. The van der Waals surface area contributed by atoms with E-state index >= 15 is 0 Å². The lowest BCUT2D eigenvalue weighted by molar-refractivity contribution is 0.409. The van der Waals surface area contributed by atoms with Crippen molar-refractivity contribution < 1.29 is 0 Å². The fourth-order valence-electron chi connectivity index (χ4n) is 1.83. The molecule has 0 bridgehead atoms. The lowest BCUT2D eigenvalue weighted by Gasteiger charge is -2.27. The van der Waals surface area contributed by atoms with Crippen LogP contribution in [0.1, 0.15) is 38.8 Å². The van der Waals surface area contributed by atoms with Crippen molar-refractivity contribution in [3.05, 3.63) is 42.0 Å². The van der Waals surface area contributed by atoms with E-state index in [1.807, 2.05) is 0 Å². The molecule has 1 rings (SSSR count). The van der Waals surface area contributed by atoms with Gasteiger partial charge in [0.25, 0.3) is 0 Å². The topological polar surface area (TPSA) is 12.0 Å². The van der Waals surface area contributed by atoms with Gasteiger partial charge in [-0.2, -0.15) is 0 Å². The Morgan fingerprint density at radius 3 is 2.44 bits per heavy atom. The van der Waals surface area contributed by atoms with Gasteiger partial charge in [0.15, 0.2) is 0 Å². The molecule has 0 heterocycles. The van der Waals surface area contributed by atoms with Crippen molar-refractivity contribution >= 4 is 5.57 Å². The predicted molar refractivity (Wildman–Crippen MR) is 72.6 cm³/mol. The van der Waals surface area contributed by atoms with E-state index in [0.29, 0.717) is 6.04 Å². The van der Waals surface area contributed by atoms with Crippen LogP contribution in [0.25, 0.3) is 5.57 Å². The molecule has 0 fully saturated rings. The van der Waals surface area contributed by atoms with Gasteiger partial charge >= 0.3 is 0 Å². The Morgan fingerprint density at radius 1 is 1.31 bits per heavy atom. The van der Waals surface area contributed by atoms with E-state index in [1.54, 1.807) is 0 Å². The van der Waals surface area contributed by atoms with Crippen molar-refractivity contribution in [3.8, 4) is 0 Å². The molecule has 1 nitrogen and oxygen atoms in total. The van der Waals surface area contributed by atoms with E-state index in [-0.39, 0.29) is 5.54 Å². The number of hydrogen-bond donors (Lipinski definition) is 1. The highest BCUT2D eigenvalue weighted by molar-refractivity contribution is 5.67. The summed E-state index contributed by atoms with van der Waals surface area (Å²) >= 11 is 0. The zero-order valence-corrected chi connectivity index (χ0v) is 11.1. The van der Waals surface area contributed by atoms with Crippen LogP contribution in [0.4, 0.5) is 0 Å². The Morgan fingerprint density at radius 2 is 1.94 bits per heavy atom. The molecule has 0 saturated heterocycles. The molecule has 1 heteroatoms. The highest BCUT2D eigenvalue weighted by atomic mass is 15.0. The number of hydrogen-bond acceptors (Lipinski definition) is 1. The van der Waals surface area contributed by atoms with Crippen LogP contribution in [-0.4, -0.2) is 11.6 Å². The van der Waals surface area contributed by atoms with Crippen LogP contribution in [0.2, 0.25) is 0 Å². The molecule has 1 aromatic carbocycles. The van der Waals surface area contributed by atoms with E-state index in [1.165, 1.54) is 11.1 Å². The highest BCUT2D eigenvalue weighted by Gasteiger charge is 2.16. The van der Waals surface area contributed by atoms with Crippen molar-refractivity contribution in [3.63, 3.8) is 0 Å². The van der Waals surface area contributed by atoms with Crippen molar-refractivity contribution in [1.82, 2.24) is 5.32 Å². The summed E-state index contributed by atoms with van der Waals surface area (Å²) in [5, 5.41) is 3.54. The Kier molecular flexibility index (Phi) is 3.93. The highest BCUT2D eigenvalue weighted by Crippen LogP contribution is 2.19. The van der Waals surface area contributed by atoms with Crippen LogP contribution in [-0.2, 0) is 0 Å². The van der Waals surface area contributed by atoms with Gasteiger partial charge < -0.3 is 5.32 Å². The second-order valence-corrected chi connectivity index (χ2v) is 5.51. The molecule has 1 N–H and O–H groups in total. The molecule has 1 aromatic rings. The van der Waals surface area contributed by atoms with Crippen molar-refractivity contribution in [1.29, 1.82) is 0 Å². The van der Waals surface area contributed by atoms with Crippen molar-refractivity contribution in [2.24, 2.45) is 0 Å². The minimum Gasteiger partial charge on any atom is -0.306 e. The lowest BCUT2D eigenvalue weighted by Crippen LogP contribution is -2.42. The van der Waals surface area contributed by atoms with Gasteiger partial charge in [-0.1, -0.05) is 36.4 Å². The summed E-state index contributed by atoms with van der Waals surface area (Å²) in [6, 6.07) is 8.79. The maximum atomic E-state index is 4.19. The van der Waals surface area contributed by atoms with Crippen molar-refractivity contribution in [2.75, 3.05) is 0 Å². The van der Waals surface area contributed by atoms with Crippen molar-refractivity contribution in [2.45, 2.75) is 46.2 Å². The maximum absolute atomic E-state index is 4.19. The first-order valence-corrected chi connectivity index (χ1v) is 5.83. The average Bonchev–Trinajstić information content (AvgIpc) is 2.14. The van der Waals surface area contributed by atoms with Gasteiger partial charge in [0.05, 0.1) is 0 Å². The van der Waals surface area contributed by atoms with E-state index in [2.05, 4.69) is 70.8 Å². The van der Waals surface area contributed by atoms with Crippen LogP contribution >= 0.6 is 0 Å². The molecule has 0 aliphatic carbocycles. The van der Waals surface area contributed by atoms with Gasteiger partial charge in [-0.05, 0) is 45.8 Å². The largest absolute Gasteiger partial charge is 0.306 e. The second kappa shape index (κ2) is 4.84. The van der Waals surface area contributed by atoms with E-state index in [4.69, 9.17) is 0 Å². The third-order valence-electron chi connectivity index (χ3n) is 2.56. The molecule has 88 valence electrons. The molecule has 0 aromatic heterocycles. The Hall–Kier alpha value is -1.08. The van der Waals surface area contributed by atoms with Gasteiger partial charge in [0.1, 0.15) is 0 Å². The SMILES string of the molecule is C=C(c1cccc(C)c1)C(C)NC(C)(C)C. The number of aryl methyl sites for hydroxylation is 1. The van der Waals surface area contributed by atoms with Crippen LogP contribution in [0, 0.1) is 6.92 Å². The Labute approximate surface area is 99.6 Å². The average molecular weight is 217 g/mol. The minimum atomic E-state index is 0.117. The summed E-state index contributed by atoms with van der Waals surface area (Å²) < 4.78 is 0. The quantitative estimate of drug-likeness (QED) is 0.812. The molecular weight excluding hydrogens is 194 g/mol. The molecule has 0 aliphatic heterocycles. The molecule has 1 unspecified atom stereocenters. The van der Waals surface area contributed by atoms with Gasteiger partial charge in [0.2, 0.25) is 0 Å². The van der Waals surface area contributed by atoms with Crippen LogP contribution in [0.15, 0.2) is 30.8 Å². The normalized spacial score (nSPS) is 13.6. The monoisotopic (exact) mass is 217 g/mol. The summed E-state index contributed by atoms with van der Waals surface area (Å²) in [4.78, 5) is 0. The van der Waals surface area contributed by atoms with E-state index in [0.717, 1.165) is 5.57 Å². The van der Waals surface area contributed by atoms with E-state index < -0.39 is 0 Å². The number of nitrogens with one attached hydrogen (secondary N) is 1. The summed E-state index contributed by atoms with van der Waals surface area (Å²) in [7, 11) is 0. The van der Waals surface area contributed by atoms with Crippen LogP contribution < -0.4 is 5.32 Å². The zero-order valence-electron chi connectivity index (χ0n) is 11.1. The smallest absolute Gasteiger partial charge is 0.0296 e. The lowest BCUT2D eigenvalue weighted by atomic mass is 9.97. The van der Waals surface area contributed by atoms with Crippen LogP contribution in [0.5, 0.6) is 0 Å². The summed E-state index contributed by atoms with van der Waals surface area (Å²) in [6.07, 6.45) is 0. The zero-order chi connectivity index (χ0) is 12.3. The first-order chi connectivity index (χ1) is 7.29. The van der Waals surface area contributed by atoms with Gasteiger partial charge in [-0.3, -0.25) is 0 Å². The maximum Gasteiger partial charge on any atom is 0.0296 e. The first-order valence-electron chi connectivity index (χ1n) is 5.83. The molecule has 0 radical (unpaired) electrons. The molecule has 16 heavy (non-hydrogen) atoms. The molecule has 0 amide bonds. The van der Waals surface area contributed by atoms with Gasteiger partial charge in [0, 0.05) is 11.6 Å². The molecule has 0 saturated carbocycles. The Balaban J connectivity index is 2.78. The third-order valence-corrected chi connectivity index (χ3v) is 2.56. The van der Waals surface area contributed by atoms with Crippen LogP contribution in [0.3, 0.4) is 0 Å². The third kappa shape index (κ3) is 3.82. The minimum absolute atomic E-state index is 0.117. The molecule has 1 atom stereocenters. The summed E-state index contributed by atoms with van der Waals surface area (Å²) in [6.45, 7) is 15.0. The molecular formula is C15H23N. The predicted octanol–water partition coefficient (Wildman–Crippen LogP) is 3.78. The standard InChI is InChI=1S/C15H23N/c1-11-8-7-9-14(10-11)12(2)13(3)16-15(4,5)6/h7-10,13,16H,2H2,1,3-6H3. The number of benzene rings is 1. The van der Waals surface area contributed by atoms with Gasteiger partial charge in [-0.25, -0.2) is 0 Å². The molecule has 0 aliphatic rings. The summed E-state index contributed by atoms with van der Waals surface area (Å²) in [5.74, 6) is 0. The fourth-order valence-corrected chi connectivity index (χ4v) is 1.83.